The second-order valence-corrected chi connectivity index (χ2v) is 5.44. The fraction of sp³-hybridized carbons (Fsp3) is 0.250. The minimum absolute atomic E-state index is 0. The molecule has 0 amide bonds. The summed E-state index contributed by atoms with van der Waals surface area (Å²) in [6.45, 7) is 2.76. The molecule has 0 saturated carbocycles. The lowest BCUT2D eigenvalue weighted by Crippen LogP contribution is -2.18. The first-order valence-electron chi connectivity index (χ1n) is 6.42. The Labute approximate surface area is 141 Å². The van der Waals surface area contributed by atoms with Gasteiger partial charge in [0.05, 0.1) is 12.1 Å². The third kappa shape index (κ3) is 4.79. The lowest BCUT2D eigenvalue weighted by molar-refractivity contribution is 0.406. The van der Waals surface area contributed by atoms with Gasteiger partial charge in [-0.1, -0.05) is 53.5 Å². The SMILES string of the molecule is COc1c(Cl)cc(Cl)cc1CNC(C)c1ccccc1.Cl. The van der Waals surface area contributed by atoms with Crippen molar-refractivity contribution in [3.05, 3.63) is 63.6 Å². The summed E-state index contributed by atoms with van der Waals surface area (Å²) < 4.78 is 5.34. The summed E-state index contributed by atoms with van der Waals surface area (Å²) in [4.78, 5) is 0. The molecule has 2 aromatic rings. The zero-order valence-electron chi connectivity index (χ0n) is 11.9. The Balaban J connectivity index is 0.00000220. The molecule has 0 aromatic heterocycles. The molecule has 0 aliphatic heterocycles. The molecule has 0 spiro atoms. The van der Waals surface area contributed by atoms with Crippen molar-refractivity contribution >= 4 is 35.6 Å². The van der Waals surface area contributed by atoms with Gasteiger partial charge >= 0.3 is 0 Å². The highest BCUT2D eigenvalue weighted by atomic mass is 35.5. The molecular formula is C16H18Cl3NO. The fourth-order valence-corrected chi connectivity index (χ4v) is 2.71. The van der Waals surface area contributed by atoms with Crippen LogP contribution < -0.4 is 10.1 Å². The topological polar surface area (TPSA) is 21.3 Å². The van der Waals surface area contributed by atoms with Crippen LogP contribution in [0.4, 0.5) is 0 Å². The van der Waals surface area contributed by atoms with Crippen LogP contribution in [0.5, 0.6) is 5.75 Å². The van der Waals surface area contributed by atoms with Crippen LogP contribution in [0.1, 0.15) is 24.1 Å². The molecule has 0 saturated heterocycles. The van der Waals surface area contributed by atoms with Crippen molar-refractivity contribution in [2.75, 3.05) is 7.11 Å². The van der Waals surface area contributed by atoms with Crippen LogP contribution in [-0.4, -0.2) is 7.11 Å². The summed E-state index contributed by atoms with van der Waals surface area (Å²) in [5.74, 6) is 0.670. The summed E-state index contributed by atoms with van der Waals surface area (Å²) in [7, 11) is 1.61. The maximum absolute atomic E-state index is 6.13. The molecule has 0 aliphatic rings. The average molecular weight is 347 g/mol. The van der Waals surface area contributed by atoms with Gasteiger partial charge in [-0.3, -0.25) is 0 Å². The molecule has 1 atom stereocenters. The van der Waals surface area contributed by atoms with Crippen molar-refractivity contribution < 1.29 is 4.74 Å². The number of nitrogens with one attached hydrogen (secondary N) is 1. The van der Waals surface area contributed by atoms with Gasteiger partial charge in [-0.2, -0.15) is 0 Å². The summed E-state index contributed by atoms with van der Waals surface area (Å²) in [6.07, 6.45) is 0. The Morgan fingerprint density at radius 2 is 1.81 bits per heavy atom. The predicted molar refractivity (Wildman–Crippen MR) is 92.0 cm³/mol. The number of hydrogen-bond donors (Lipinski definition) is 1. The molecule has 5 heteroatoms. The third-order valence-corrected chi connectivity index (χ3v) is 3.69. The van der Waals surface area contributed by atoms with E-state index in [4.69, 9.17) is 27.9 Å². The fourth-order valence-electron chi connectivity index (χ4n) is 2.10. The molecule has 2 aromatic carbocycles. The van der Waals surface area contributed by atoms with E-state index in [1.54, 1.807) is 13.2 Å². The molecule has 114 valence electrons. The van der Waals surface area contributed by atoms with Gasteiger partial charge in [0.25, 0.3) is 0 Å². The molecule has 0 aliphatic carbocycles. The summed E-state index contributed by atoms with van der Waals surface area (Å²) in [6, 6.07) is 14.1. The largest absolute Gasteiger partial charge is 0.495 e. The van der Waals surface area contributed by atoms with E-state index in [-0.39, 0.29) is 18.4 Å². The molecule has 2 rings (SSSR count). The van der Waals surface area contributed by atoms with Crippen LogP contribution in [0.25, 0.3) is 0 Å². The van der Waals surface area contributed by atoms with Crippen LogP contribution in [0.15, 0.2) is 42.5 Å². The number of halogens is 3. The summed E-state index contributed by atoms with van der Waals surface area (Å²) >= 11 is 12.2. The van der Waals surface area contributed by atoms with E-state index in [0.29, 0.717) is 22.3 Å². The lowest BCUT2D eigenvalue weighted by atomic mass is 10.1. The van der Waals surface area contributed by atoms with Gasteiger partial charge in [-0.05, 0) is 24.6 Å². The lowest BCUT2D eigenvalue weighted by Gasteiger charge is -2.16. The number of benzene rings is 2. The third-order valence-electron chi connectivity index (χ3n) is 3.19. The molecule has 2 nitrogen and oxygen atoms in total. The standard InChI is InChI=1S/C16H17Cl2NO.ClH/c1-11(12-6-4-3-5-7-12)19-10-13-8-14(17)9-15(18)16(13)20-2;/h3-9,11,19H,10H2,1-2H3;1H. The van der Waals surface area contributed by atoms with E-state index in [2.05, 4.69) is 24.4 Å². The van der Waals surface area contributed by atoms with E-state index in [1.165, 1.54) is 5.56 Å². The molecule has 0 heterocycles. The molecule has 1 N–H and O–H groups in total. The second kappa shape index (κ2) is 8.50. The van der Waals surface area contributed by atoms with Crippen molar-refractivity contribution in [2.24, 2.45) is 0 Å². The number of methoxy groups -OCH3 is 1. The molecule has 0 fully saturated rings. The Hall–Kier alpha value is -0.930. The summed E-state index contributed by atoms with van der Waals surface area (Å²) in [5.41, 5.74) is 2.19. The average Bonchev–Trinajstić information content (AvgIpc) is 2.45. The number of hydrogen-bond acceptors (Lipinski definition) is 2. The quantitative estimate of drug-likeness (QED) is 0.796. The van der Waals surface area contributed by atoms with Crippen LogP contribution in [0, 0.1) is 0 Å². The predicted octanol–water partition coefficient (Wildman–Crippen LogP) is 5.27. The number of ether oxygens (including phenoxy) is 1. The van der Waals surface area contributed by atoms with Crippen molar-refractivity contribution in [1.82, 2.24) is 5.32 Å². The van der Waals surface area contributed by atoms with Gasteiger partial charge in [0.15, 0.2) is 0 Å². The monoisotopic (exact) mass is 345 g/mol. The molecule has 1 unspecified atom stereocenters. The van der Waals surface area contributed by atoms with E-state index in [0.717, 1.165) is 5.56 Å². The molecule has 0 radical (unpaired) electrons. The van der Waals surface area contributed by atoms with Gasteiger partial charge < -0.3 is 10.1 Å². The highest BCUT2D eigenvalue weighted by molar-refractivity contribution is 6.35. The first kappa shape index (κ1) is 18.1. The van der Waals surface area contributed by atoms with E-state index in [9.17, 15) is 0 Å². The first-order valence-corrected chi connectivity index (χ1v) is 7.17. The normalized spacial score (nSPS) is 11.6. The first-order chi connectivity index (χ1) is 9.61. The minimum atomic E-state index is 0. The van der Waals surface area contributed by atoms with Crippen LogP contribution in [0.3, 0.4) is 0 Å². The van der Waals surface area contributed by atoms with Crippen LogP contribution in [-0.2, 0) is 6.54 Å². The summed E-state index contributed by atoms with van der Waals surface area (Å²) in [5, 5.41) is 4.59. The van der Waals surface area contributed by atoms with E-state index < -0.39 is 0 Å². The van der Waals surface area contributed by atoms with Gasteiger partial charge in [-0.15, -0.1) is 12.4 Å². The maximum Gasteiger partial charge on any atom is 0.142 e. The van der Waals surface area contributed by atoms with Gasteiger partial charge in [0.1, 0.15) is 5.75 Å². The van der Waals surface area contributed by atoms with Crippen molar-refractivity contribution in [2.45, 2.75) is 19.5 Å². The van der Waals surface area contributed by atoms with Crippen LogP contribution >= 0.6 is 35.6 Å². The molecule has 0 bridgehead atoms. The van der Waals surface area contributed by atoms with Crippen molar-refractivity contribution in [3.8, 4) is 5.75 Å². The zero-order valence-corrected chi connectivity index (χ0v) is 14.2. The van der Waals surface area contributed by atoms with Gasteiger partial charge in [0.2, 0.25) is 0 Å². The van der Waals surface area contributed by atoms with Crippen LogP contribution in [0.2, 0.25) is 10.0 Å². The molecular weight excluding hydrogens is 329 g/mol. The molecule has 21 heavy (non-hydrogen) atoms. The number of rotatable bonds is 5. The Morgan fingerprint density at radius 1 is 1.14 bits per heavy atom. The smallest absolute Gasteiger partial charge is 0.142 e. The van der Waals surface area contributed by atoms with Gasteiger partial charge in [0, 0.05) is 23.2 Å². The second-order valence-electron chi connectivity index (χ2n) is 4.59. The van der Waals surface area contributed by atoms with Crippen molar-refractivity contribution in [1.29, 1.82) is 0 Å². The maximum atomic E-state index is 6.13. The Kier molecular flexibility index (Phi) is 7.33. The van der Waals surface area contributed by atoms with Crippen molar-refractivity contribution in [3.63, 3.8) is 0 Å². The van der Waals surface area contributed by atoms with Gasteiger partial charge in [-0.25, -0.2) is 0 Å². The highest BCUT2D eigenvalue weighted by Crippen LogP contribution is 2.32. The zero-order chi connectivity index (χ0) is 14.5. The highest BCUT2D eigenvalue weighted by Gasteiger charge is 2.11. The van der Waals surface area contributed by atoms with E-state index >= 15 is 0 Å². The minimum Gasteiger partial charge on any atom is -0.495 e. The Bertz CT molecular complexity index is 575. The Morgan fingerprint density at radius 3 is 2.43 bits per heavy atom. The van der Waals surface area contributed by atoms with E-state index in [1.807, 2.05) is 24.3 Å².